The lowest BCUT2D eigenvalue weighted by atomic mass is 10.2. The van der Waals surface area contributed by atoms with Crippen molar-refractivity contribution in [3.8, 4) is 17.5 Å². The van der Waals surface area contributed by atoms with Gasteiger partial charge < -0.3 is 5.32 Å². The van der Waals surface area contributed by atoms with Gasteiger partial charge in [0.1, 0.15) is 23.1 Å². The highest BCUT2D eigenvalue weighted by atomic mass is 35.5. The maximum absolute atomic E-state index is 13.4. The average molecular weight is 556 g/mol. The maximum atomic E-state index is 13.4. The van der Waals surface area contributed by atoms with Gasteiger partial charge in [-0.25, -0.2) is 9.97 Å². The van der Waals surface area contributed by atoms with Gasteiger partial charge in [-0.2, -0.15) is 15.0 Å². The number of aromatic nitrogens is 5. The van der Waals surface area contributed by atoms with E-state index >= 15 is 0 Å². The Morgan fingerprint density at radius 1 is 1.03 bits per heavy atom. The van der Waals surface area contributed by atoms with Gasteiger partial charge in [0, 0.05) is 28.9 Å². The Morgan fingerprint density at radius 3 is 2.49 bits per heavy atom. The van der Waals surface area contributed by atoms with Crippen molar-refractivity contribution in [1.29, 1.82) is 5.26 Å². The molecular formula is C27H18ClN7O3S. The van der Waals surface area contributed by atoms with E-state index in [0.29, 0.717) is 22.3 Å². The van der Waals surface area contributed by atoms with E-state index in [2.05, 4.69) is 20.4 Å². The lowest BCUT2D eigenvalue weighted by Crippen LogP contribution is -2.28. The zero-order chi connectivity index (χ0) is 27.4. The fraction of sp³-hybridized carbons (Fsp3) is 0.0741. The van der Waals surface area contributed by atoms with E-state index in [-0.39, 0.29) is 22.8 Å². The fourth-order valence-electron chi connectivity index (χ4n) is 3.82. The van der Waals surface area contributed by atoms with E-state index in [4.69, 9.17) is 11.6 Å². The van der Waals surface area contributed by atoms with E-state index in [9.17, 15) is 19.6 Å². The van der Waals surface area contributed by atoms with Gasteiger partial charge in [-0.3, -0.25) is 19.0 Å². The van der Waals surface area contributed by atoms with E-state index in [0.717, 1.165) is 9.44 Å². The number of rotatable bonds is 8. The molecule has 1 N–H and O–H groups in total. The Labute approximate surface area is 230 Å². The van der Waals surface area contributed by atoms with E-state index < -0.39 is 23.8 Å². The van der Waals surface area contributed by atoms with Gasteiger partial charge in [-0.15, -0.1) is 11.3 Å². The summed E-state index contributed by atoms with van der Waals surface area (Å²) in [4.78, 5) is 48.3. The SMILES string of the molecule is N#Cc1ccc(-c2cc(NCc3ccc(Cl)s3)n(C(=O)c3ccccc3)n2)n(CC(=O)c2ncccn2)c1=O. The average Bonchev–Trinajstić information content (AvgIpc) is 3.59. The summed E-state index contributed by atoms with van der Waals surface area (Å²) < 4.78 is 2.98. The number of carbonyl (C=O) groups excluding carboxylic acids is 2. The first-order chi connectivity index (χ1) is 18.9. The molecule has 0 aliphatic rings. The van der Waals surface area contributed by atoms with Crippen molar-refractivity contribution in [2.24, 2.45) is 0 Å². The molecule has 0 radical (unpaired) electrons. The Balaban J connectivity index is 1.59. The molecule has 0 atom stereocenters. The molecule has 0 amide bonds. The highest BCUT2D eigenvalue weighted by molar-refractivity contribution is 7.16. The molecule has 5 aromatic rings. The minimum Gasteiger partial charge on any atom is -0.365 e. The number of thiophene rings is 1. The Bertz CT molecular complexity index is 1770. The van der Waals surface area contributed by atoms with Crippen LogP contribution in [-0.2, 0) is 13.1 Å². The van der Waals surface area contributed by atoms with Crippen LogP contribution in [0.3, 0.4) is 0 Å². The van der Waals surface area contributed by atoms with Gasteiger partial charge in [-0.05, 0) is 42.5 Å². The van der Waals surface area contributed by atoms with Crippen molar-refractivity contribution < 1.29 is 9.59 Å². The zero-order valence-electron chi connectivity index (χ0n) is 20.1. The third kappa shape index (κ3) is 5.52. The standard InChI is InChI=1S/C27H18ClN7O3S/c28-23-10-8-19(39-23)15-32-24-13-20(33-35(24)27(38)17-5-2-1-3-6-17)21-9-7-18(14-29)26(37)34(21)16-22(36)25-30-11-4-12-31-25/h1-13,32H,15-16H2. The molecule has 1 aromatic carbocycles. The number of nitrogens with zero attached hydrogens (tertiary/aromatic N) is 6. The van der Waals surface area contributed by atoms with Crippen LogP contribution < -0.4 is 10.9 Å². The van der Waals surface area contributed by atoms with E-state index in [1.54, 1.807) is 48.5 Å². The predicted octanol–water partition coefficient (Wildman–Crippen LogP) is 4.27. The van der Waals surface area contributed by atoms with Crippen molar-refractivity contribution in [1.82, 2.24) is 24.3 Å². The first kappa shape index (κ1) is 25.7. The number of nitrogens with one attached hydrogen (secondary N) is 1. The van der Waals surface area contributed by atoms with Crippen LogP contribution in [0.5, 0.6) is 0 Å². The molecule has 0 spiro atoms. The van der Waals surface area contributed by atoms with Crippen molar-refractivity contribution in [2.45, 2.75) is 13.1 Å². The largest absolute Gasteiger partial charge is 0.365 e. The summed E-state index contributed by atoms with van der Waals surface area (Å²) in [6, 6.07) is 20.2. The number of Topliss-reactive ketones (excluding diaryl/α,β-unsaturated/α-hetero) is 1. The lowest BCUT2D eigenvalue weighted by Gasteiger charge is -2.10. The normalized spacial score (nSPS) is 10.7. The molecule has 0 unspecified atom stereocenters. The van der Waals surface area contributed by atoms with Gasteiger partial charge in [-0.1, -0.05) is 29.8 Å². The van der Waals surface area contributed by atoms with Crippen LogP contribution in [-0.4, -0.2) is 36.0 Å². The van der Waals surface area contributed by atoms with Gasteiger partial charge in [0.2, 0.25) is 5.78 Å². The summed E-state index contributed by atoms with van der Waals surface area (Å²) in [7, 11) is 0. The van der Waals surface area contributed by atoms with Gasteiger partial charge in [0.05, 0.1) is 23.1 Å². The Hall–Kier alpha value is -4.92. The Kier molecular flexibility index (Phi) is 7.40. The van der Waals surface area contributed by atoms with E-state index in [1.165, 1.54) is 40.5 Å². The number of hydrogen-bond acceptors (Lipinski definition) is 9. The smallest absolute Gasteiger partial charge is 0.280 e. The molecule has 0 saturated carbocycles. The topological polar surface area (TPSA) is 136 Å². The molecule has 0 bridgehead atoms. The number of benzene rings is 1. The molecule has 4 aromatic heterocycles. The second-order valence-electron chi connectivity index (χ2n) is 8.19. The van der Waals surface area contributed by atoms with Crippen LogP contribution in [0.4, 0.5) is 5.82 Å². The number of ketones is 1. The summed E-state index contributed by atoms with van der Waals surface area (Å²) in [6.45, 7) is -0.0573. The molecule has 5 rings (SSSR count). The highest BCUT2D eigenvalue weighted by Gasteiger charge is 2.22. The van der Waals surface area contributed by atoms with Crippen molar-refractivity contribution >= 4 is 40.4 Å². The minimum absolute atomic E-state index is 0.0699. The molecule has 39 heavy (non-hydrogen) atoms. The monoisotopic (exact) mass is 555 g/mol. The van der Waals surface area contributed by atoms with Crippen molar-refractivity contribution in [2.75, 3.05) is 5.32 Å². The summed E-state index contributed by atoms with van der Waals surface area (Å²) in [5.74, 6) is -0.629. The quantitative estimate of drug-likeness (QED) is 0.280. The number of pyridine rings is 1. The second kappa shape index (κ2) is 11.2. The number of nitriles is 1. The third-order valence-electron chi connectivity index (χ3n) is 5.67. The second-order valence-corrected chi connectivity index (χ2v) is 9.99. The Morgan fingerprint density at radius 2 is 1.79 bits per heavy atom. The van der Waals surface area contributed by atoms with Crippen molar-refractivity contribution in [3.05, 3.63) is 116 Å². The first-order valence-corrected chi connectivity index (χ1v) is 12.8. The molecule has 192 valence electrons. The lowest BCUT2D eigenvalue weighted by molar-refractivity contribution is 0.0943. The third-order valence-corrected chi connectivity index (χ3v) is 6.90. The van der Waals surface area contributed by atoms with Crippen LogP contribution in [0.15, 0.2) is 83.9 Å². The van der Waals surface area contributed by atoms with Crippen molar-refractivity contribution in [3.63, 3.8) is 0 Å². The van der Waals surface area contributed by atoms with Crippen LogP contribution in [0.1, 0.15) is 31.4 Å². The molecule has 0 fully saturated rings. The molecule has 0 aliphatic heterocycles. The molecular weight excluding hydrogens is 538 g/mol. The fourth-order valence-corrected chi connectivity index (χ4v) is 4.84. The highest BCUT2D eigenvalue weighted by Crippen LogP contribution is 2.26. The molecule has 4 heterocycles. The summed E-state index contributed by atoms with van der Waals surface area (Å²) in [5, 5.41) is 17.1. The van der Waals surface area contributed by atoms with Crippen LogP contribution in [0, 0.1) is 11.3 Å². The summed E-state index contributed by atoms with van der Waals surface area (Å²) >= 11 is 7.46. The van der Waals surface area contributed by atoms with Gasteiger partial charge in [0.25, 0.3) is 11.5 Å². The van der Waals surface area contributed by atoms with Gasteiger partial charge in [0.15, 0.2) is 5.82 Å². The number of anilines is 1. The maximum Gasteiger partial charge on any atom is 0.280 e. The number of halogens is 1. The van der Waals surface area contributed by atoms with Crippen LogP contribution in [0.25, 0.3) is 11.4 Å². The number of carbonyl (C=O) groups is 2. The molecule has 10 nitrogen and oxygen atoms in total. The molecule has 12 heteroatoms. The van der Waals surface area contributed by atoms with Gasteiger partial charge >= 0.3 is 0 Å². The minimum atomic E-state index is -0.675. The molecule has 0 aliphatic carbocycles. The zero-order valence-corrected chi connectivity index (χ0v) is 21.7. The molecule has 0 saturated heterocycles. The van der Waals surface area contributed by atoms with Crippen LogP contribution in [0.2, 0.25) is 4.34 Å². The van der Waals surface area contributed by atoms with E-state index in [1.807, 2.05) is 12.1 Å². The predicted molar refractivity (Wildman–Crippen MR) is 146 cm³/mol. The number of hydrogen-bond donors (Lipinski definition) is 1. The first-order valence-electron chi connectivity index (χ1n) is 11.6. The summed E-state index contributed by atoms with van der Waals surface area (Å²) in [6.07, 6.45) is 2.84. The summed E-state index contributed by atoms with van der Waals surface area (Å²) in [5.41, 5.74) is 0.0710. The van der Waals surface area contributed by atoms with Crippen LogP contribution >= 0.6 is 22.9 Å².